The van der Waals surface area contributed by atoms with Crippen LogP contribution in [0.25, 0.3) is 0 Å². The molecule has 4 nitrogen and oxygen atoms in total. The Morgan fingerprint density at radius 2 is 2.09 bits per heavy atom. The third-order valence-corrected chi connectivity index (χ3v) is 4.53. The topological polar surface area (TPSA) is 35.6 Å². The van der Waals surface area contributed by atoms with Gasteiger partial charge in [0, 0.05) is 19.6 Å². The van der Waals surface area contributed by atoms with Crippen LogP contribution in [0, 0.1) is 0 Å². The molecule has 1 N–H and O–H groups in total. The first-order chi connectivity index (χ1) is 10.1. The zero-order valence-electron chi connectivity index (χ0n) is 13.8. The van der Waals surface area contributed by atoms with Crippen LogP contribution in [0.3, 0.4) is 0 Å². The van der Waals surface area contributed by atoms with Crippen LogP contribution in [-0.2, 0) is 4.79 Å². The normalized spacial score (nSPS) is 20.0. The fraction of sp³-hybridized carbons (Fsp3) is 0.588. The number of carbonyl (C=O) groups excluding carboxylic acids is 1. The van der Waals surface area contributed by atoms with Gasteiger partial charge in [-0.15, -0.1) is 12.4 Å². The van der Waals surface area contributed by atoms with Gasteiger partial charge in [-0.1, -0.05) is 30.3 Å². The van der Waals surface area contributed by atoms with E-state index in [1.165, 1.54) is 12.0 Å². The average Bonchev–Trinajstić information content (AvgIpc) is 2.54. The largest absolute Gasteiger partial charge is 0.338 e. The van der Waals surface area contributed by atoms with Gasteiger partial charge in [-0.3, -0.25) is 9.69 Å². The summed E-state index contributed by atoms with van der Waals surface area (Å²) in [6, 6.07) is 10.8. The van der Waals surface area contributed by atoms with Crippen molar-refractivity contribution in [3.05, 3.63) is 35.9 Å². The Balaban J connectivity index is 0.00000242. The number of hydrogen-bond acceptors (Lipinski definition) is 3. The summed E-state index contributed by atoms with van der Waals surface area (Å²) in [5.74, 6) is 0.197. The third kappa shape index (κ3) is 4.97. The van der Waals surface area contributed by atoms with Gasteiger partial charge in [-0.25, -0.2) is 0 Å². The zero-order chi connectivity index (χ0) is 15.2. The van der Waals surface area contributed by atoms with Crippen molar-refractivity contribution in [2.24, 2.45) is 0 Å². The smallest absolute Gasteiger partial charge is 0.236 e. The highest BCUT2D eigenvalue weighted by atomic mass is 35.5. The van der Waals surface area contributed by atoms with Gasteiger partial charge in [0.25, 0.3) is 0 Å². The quantitative estimate of drug-likeness (QED) is 0.902. The standard InChI is InChI=1S/C17H27N3O.ClH/c1-14(15-8-5-4-6-9-15)19(3)17(21)13-20-11-7-10-16(12-20)18-2;/h4-6,8-9,14,16,18H,7,10-13H2,1-3H3;1H. The van der Waals surface area contributed by atoms with Crippen LogP contribution in [-0.4, -0.2) is 55.5 Å². The van der Waals surface area contributed by atoms with E-state index in [0.717, 1.165) is 19.5 Å². The van der Waals surface area contributed by atoms with Crippen LogP contribution < -0.4 is 5.32 Å². The molecule has 5 heteroatoms. The summed E-state index contributed by atoms with van der Waals surface area (Å²) in [7, 11) is 3.90. The molecule has 2 atom stereocenters. The Morgan fingerprint density at radius 3 is 2.73 bits per heavy atom. The molecule has 0 aromatic heterocycles. The Hall–Kier alpha value is -1.10. The lowest BCUT2D eigenvalue weighted by molar-refractivity contribution is -0.133. The van der Waals surface area contributed by atoms with Crippen molar-refractivity contribution in [3.63, 3.8) is 0 Å². The predicted octanol–water partition coefficient (Wildman–Crippen LogP) is 2.31. The van der Waals surface area contributed by atoms with Gasteiger partial charge in [-0.2, -0.15) is 0 Å². The van der Waals surface area contributed by atoms with E-state index < -0.39 is 0 Å². The summed E-state index contributed by atoms with van der Waals surface area (Å²) >= 11 is 0. The van der Waals surface area contributed by atoms with Crippen LogP contribution in [0.5, 0.6) is 0 Å². The molecular formula is C17H28ClN3O. The fourth-order valence-corrected chi connectivity index (χ4v) is 2.91. The summed E-state index contributed by atoms with van der Waals surface area (Å²) in [6.07, 6.45) is 2.37. The van der Waals surface area contributed by atoms with Gasteiger partial charge in [-0.05, 0) is 38.9 Å². The van der Waals surface area contributed by atoms with E-state index in [-0.39, 0.29) is 24.4 Å². The molecule has 0 spiro atoms. The van der Waals surface area contributed by atoms with Crippen molar-refractivity contribution in [3.8, 4) is 0 Å². The van der Waals surface area contributed by atoms with Crippen molar-refractivity contribution in [2.75, 3.05) is 33.7 Å². The molecule has 1 aliphatic heterocycles. The molecule has 22 heavy (non-hydrogen) atoms. The summed E-state index contributed by atoms with van der Waals surface area (Å²) in [5, 5.41) is 3.32. The van der Waals surface area contributed by atoms with Crippen molar-refractivity contribution in [2.45, 2.75) is 31.8 Å². The van der Waals surface area contributed by atoms with Crippen molar-refractivity contribution >= 4 is 18.3 Å². The van der Waals surface area contributed by atoms with Crippen LogP contribution in [0.2, 0.25) is 0 Å². The molecule has 1 amide bonds. The maximum atomic E-state index is 12.5. The lowest BCUT2D eigenvalue weighted by Crippen LogP contribution is -2.48. The SMILES string of the molecule is CNC1CCCN(CC(=O)N(C)C(C)c2ccccc2)C1.Cl. The van der Waals surface area contributed by atoms with E-state index in [4.69, 9.17) is 0 Å². The number of carbonyl (C=O) groups is 1. The molecule has 1 fully saturated rings. The first-order valence-corrected chi connectivity index (χ1v) is 7.82. The minimum atomic E-state index is 0. The fourth-order valence-electron chi connectivity index (χ4n) is 2.91. The number of nitrogens with zero attached hydrogens (tertiary/aromatic N) is 2. The molecule has 1 aromatic carbocycles. The first kappa shape index (κ1) is 18.9. The lowest BCUT2D eigenvalue weighted by Gasteiger charge is -2.34. The highest BCUT2D eigenvalue weighted by molar-refractivity contribution is 5.85. The Kier molecular flexibility index (Phi) is 7.87. The summed E-state index contributed by atoms with van der Waals surface area (Å²) in [4.78, 5) is 16.6. The van der Waals surface area contributed by atoms with Crippen LogP contribution in [0.15, 0.2) is 30.3 Å². The average molecular weight is 326 g/mol. The molecule has 1 heterocycles. The molecule has 1 aliphatic rings. The van der Waals surface area contributed by atoms with E-state index in [0.29, 0.717) is 12.6 Å². The van der Waals surface area contributed by atoms with Gasteiger partial charge in [0.1, 0.15) is 0 Å². The first-order valence-electron chi connectivity index (χ1n) is 7.82. The van der Waals surface area contributed by atoms with E-state index in [9.17, 15) is 4.79 Å². The summed E-state index contributed by atoms with van der Waals surface area (Å²) < 4.78 is 0. The Morgan fingerprint density at radius 1 is 1.41 bits per heavy atom. The van der Waals surface area contributed by atoms with Crippen LogP contribution in [0.1, 0.15) is 31.4 Å². The number of likely N-dealkylation sites (tertiary alicyclic amines) is 1. The Bertz CT molecular complexity index is 454. The molecule has 0 saturated carbocycles. The van der Waals surface area contributed by atoms with Crippen LogP contribution >= 0.6 is 12.4 Å². The number of halogens is 1. The molecule has 2 unspecified atom stereocenters. The number of amides is 1. The molecule has 0 bridgehead atoms. The maximum Gasteiger partial charge on any atom is 0.236 e. The number of likely N-dealkylation sites (N-methyl/N-ethyl adjacent to an activating group) is 2. The number of nitrogens with one attached hydrogen (secondary N) is 1. The Labute approximate surface area is 140 Å². The van der Waals surface area contributed by atoms with Crippen molar-refractivity contribution in [1.29, 1.82) is 0 Å². The van der Waals surface area contributed by atoms with Gasteiger partial charge in [0.2, 0.25) is 5.91 Å². The second-order valence-corrected chi connectivity index (χ2v) is 5.95. The van der Waals surface area contributed by atoms with Gasteiger partial charge >= 0.3 is 0 Å². The highest BCUT2D eigenvalue weighted by Gasteiger charge is 2.23. The van der Waals surface area contributed by atoms with Gasteiger partial charge in [0.05, 0.1) is 12.6 Å². The maximum absolute atomic E-state index is 12.5. The minimum Gasteiger partial charge on any atom is -0.338 e. The molecule has 0 radical (unpaired) electrons. The third-order valence-electron chi connectivity index (χ3n) is 4.53. The van der Waals surface area contributed by atoms with E-state index in [1.54, 1.807) is 0 Å². The number of piperidine rings is 1. The van der Waals surface area contributed by atoms with Crippen LogP contribution in [0.4, 0.5) is 0 Å². The number of benzene rings is 1. The van der Waals surface area contributed by atoms with Crippen molar-refractivity contribution in [1.82, 2.24) is 15.1 Å². The zero-order valence-corrected chi connectivity index (χ0v) is 14.6. The molecular weight excluding hydrogens is 298 g/mol. The lowest BCUT2D eigenvalue weighted by atomic mass is 10.1. The van der Waals surface area contributed by atoms with Crippen molar-refractivity contribution < 1.29 is 4.79 Å². The summed E-state index contributed by atoms with van der Waals surface area (Å²) in [5.41, 5.74) is 1.18. The number of rotatable bonds is 5. The summed E-state index contributed by atoms with van der Waals surface area (Å²) in [6.45, 7) is 4.60. The van der Waals surface area contributed by atoms with E-state index >= 15 is 0 Å². The molecule has 124 valence electrons. The van der Waals surface area contributed by atoms with Gasteiger partial charge in [0.15, 0.2) is 0 Å². The molecule has 2 rings (SSSR count). The van der Waals surface area contributed by atoms with E-state index in [1.807, 2.05) is 37.2 Å². The predicted molar refractivity (Wildman–Crippen MR) is 93.4 cm³/mol. The molecule has 1 saturated heterocycles. The second-order valence-electron chi connectivity index (χ2n) is 5.95. The minimum absolute atomic E-state index is 0. The molecule has 1 aromatic rings. The highest BCUT2D eigenvalue weighted by Crippen LogP contribution is 2.19. The number of hydrogen-bond donors (Lipinski definition) is 1. The second kappa shape index (κ2) is 9.13. The monoisotopic (exact) mass is 325 g/mol. The van der Waals surface area contributed by atoms with Gasteiger partial charge < -0.3 is 10.2 Å². The van der Waals surface area contributed by atoms with E-state index in [2.05, 4.69) is 29.3 Å². The molecule has 0 aliphatic carbocycles.